The summed E-state index contributed by atoms with van der Waals surface area (Å²) < 4.78 is 13.4. The molecule has 0 fully saturated rings. The average molecular weight is 233 g/mol. The van der Waals surface area contributed by atoms with Gasteiger partial charge in [0.05, 0.1) is 17.5 Å². The van der Waals surface area contributed by atoms with Crippen molar-refractivity contribution in [2.75, 3.05) is 0 Å². The zero-order valence-electron chi connectivity index (χ0n) is 7.10. The number of nitrogens with two attached hydrogens (primary N) is 1. The van der Waals surface area contributed by atoms with E-state index in [0.717, 1.165) is 0 Å². The molecule has 14 heavy (non-hydrogen) atoms. The van der Waals surface area contributed by atoms with Gasteiger partial charge < -0.3 is 5.73 Å². The summed E-state index contributed by atoms with van der Waals surface area (Å²) in [5.41, 5.74) is 5.67. The predicted octanol–water partition coefficient (Wildman–Crippen LogP) is 3.05. The van der Waals surface area contributed by atoms with E-state index in [9.17, 15) is 4.39 Å². The molecule has 0 saturated heterocycles. The summed E-state index contributed by atoms with van der Waals surface area (Å²) in [4.78, 5) is 0. The first-order valence-electron chi connectivity index (χ1n) is 3.84. The summed E-state index contributed by atoms with van der Waals surface area (Å²) >= 11 is 11.3. The fourth-order valence-electron chi connectivity index (χ4n) is 1.08. The minimum Gasteiger partial charge on any atom is -0.323 e. The third-order valence-corrected chi connectivity index (χ3v) is 2.38. The molecule has 1 atom stereocenters. The van der Waals surface area contributed by atoms with Crippen molar-refractivity contribution in [2.24, 2.45) is 5.73 Å². The molecular weight excluding hydrogens is 226 g/mol. The Labute approximate surface area is 91.0 Å². The summed E-state index contributed by atoms with van der Waals surface area (Å²) in [5.74, 6) is -0.651. The summed E-state index contributed by atoms with van der Waals surface area (Å²) in [6.45, 7) is 0. The van der Waals surface area contributed by atoms with Gasteiger partial charge in [0.15, 0.2) is 0 Å². The number of hydrogen-bond acceptors (Lipinski definition) is 2. The zero-order chi connectivity index (χ0) is 10.7. The standard InChI is InChI=1S/C9H7Cl2FN2/c10-5-1-2-6(11)9(12)8(5)7(14)3-4-13/h1-2,7H,3,14H2/t7-/m1/s1. The fraction of sp³-hybridized carbons (Fsp3) is 0.222. The van der Waals surface area contributed by atoms with Crippen molar-refractivity contribution in [3.05, 3.63) is 33.6 Å². The lowest BCUT2D eigenvalue weighted by atomic mass is 10.0. The van der Waals surface area contributed by atoms with Gasteiger partial charge >= 0.3 is 0 Å². The Morgan fingerprint density at radius 1 is 1.43 bits per heavy atom. The molecule has 0 radical (unpaired) electrons. The highest BCUT2D eigenvalue weighted by molar-refractivity contribution is 6.33. The molecule has 0 aliphatic rings. The van der Waals surface area contributed by atoms with E-state index in [-0.39, 0.29) is 22.0 Å². The van der Waals surface area contributed by atoms with E-state index in [4.69, 9.17) is 34.2 Å². The molecule has 0 amide bonds. The van der Waals surface area contributed by atoms with Crippen LogP contribution in [0.25, 0.3) is 0 Å². The smallest absolute Gasteiger partial charge is 0.148 e. The van der Waals surface area contributed by atoms with E-state index in [2.05, 4.69) is 0 Å². The van der Waals surface area contributed by atoms with Gasteiger partial charge in [-0.2, -0.15) is 5.26 Å². The van der Waals surface area contributed by atoms with Crippen molar-refractivity contribution in [3.63, 3.8) is 0 Å². The van der Waals surface area contributed by atoms with Gasteiger partial charge in [0.2, 0.25) is 0 Å². The topological polar surface area (TPSA) is 49.8 Å². The van der Waals surface area contributed by atoms with E-state index in [1.165, 1.54) is 12.1 Å². The molecule has 0 spiro atoms. The van der Waals surface area contributed by atoms with Crippen molar-refractivity contribution in [2.45, 2.75) is 12.5 Å². The van der Waals surface area contributed by atoms with Crippen molar-refractivity contribution >= 4 is 23.2 Å². The van der Waals surface area contributed by atoms with Gasteiger partial charge in [-0.05, 0) is 12.1 Å². The molecule has 0 aromatic heterocycles. The van der Waals surface area contributed by atoms with Crippen molar-refractivity contribution in [3.8, 4) is 6.07 Å². The molecule has 0 saturated carbocycles. The van der Waals surface area contributed by atoms with Crippen LogP contribution < -0.4 is 5.73 Å². The minimum absolute atomic E-state index is 0.00299. The fourth-order valence-corrected chi connectivity index (χ4v) is 1.53. The van der Waals surface area contributed by atoms with E-state index < -0.39 is 11.9 Å². The van der Waals surface area contributed by atoms with Crippen molar-refractivity contribution < 1.29 is 4.39 Å². The Morgan fingerprint density at radius 3 is 2.57 bits per heavy atom. The lowest BCUT2D eigenvalue weighted by Crippen LogP contribution is -2.12. The van der Waals surface area contributed by atoms with Crippen LogP contribution in [-0.4, -0.2) is 0 Å². The molecule has 1 aromatic rings. The van der Waals surface area contributed by atoms with Gasteiger partial charge in [0.1, 0.15) is 5.82 Å². The second-order valence-corrected chi connectivity index (χ2v) is 3.54. The van der Waals surface area contributed by atoms with Crippen LogP contribution in [-0.2, 0) is 0 Å². The number of halogens is 3. The molecule has 0 bridgehead atoms. The number of hydrogen-bond donors (Lipinski definition) is 1. The Bertz CT molecular complexity index is 387. The average Bonchev–Trinajstić information content (AvgIpc) is 2.13. The second kappa shape index (κ2) is 4.61. The molecule has 2 N–H and O–H groups in total. The summed E-state index contributed by atoms with van der Waals surface area (Å²) in [7, 11) is 0. The maximum atomic E-state index is 13.4. The third kappa shape index (κ3) is 2.16. The quantitative estimate of drug-likeness (QED) is 0.798. The van der Waals surface area contributed by atoms with E-state index in [1.54, 1.807) is 0 Å². The van der Waals surface area contributed by atoms with Gasteiger partial charge in [-0.25, -0.2) is 4.39 Å². The largest absolute Gasteiger partial charge is 0.323 e. The van der Waals surface area contributed by atoms with Crippen LogP contribution in [0.15, 0.2) is 12.1 Å². The highest BCUT2D eigenvalue weighted by Crippen LogP contribution is 2.30. The number of nitrogens with zero attached hydrogens (tertiary/aromatic N) is 1. The molecule has 5 heteroatoms. The molecular formula is C9H7Cl2FN2. The maximum Gasteiger partial charge on any atom is 0.148 e. The molecule has 74 valence electrons. The lowest BCUT2D eigenvalue weighted by Gasteiger charge is -2.11. The van der Waals surface area contributed by atoms with Crippen LogP contribution in [0.5, 0.6) is 0 Å². The van der Waals surface area contributed by atoms with E-state index in [1.807, 2.05) is 6.07 Å². The number of benzene rings is 1. The number of nitriles is 1. The molecule has 2 nitrogen and oxygen atoms in total. The Hall–Kier alpha value is -0.820. The number of rotatable bonds is 2. The highest BCUT2D eigenvalue weighted by Gasteiger charge is 2.17. The first-order valence-corrected chi connectivity index (χ1v) is 4.59. The van der Waals surface area contributed by atoms with Crippen molar-refractivity contribution in [1.82, 2.24) is 0 Å². The Kier molecular flexibility index (Phi) is 3.70. The molecule has 0 unspecified atom stereocenters. The van der Waals surface area contributed by atoms with E-state index >= 15 is 0 Å². The van der Waals surface area contributed by atoms with Crippen LogP contribution >= 0.6 is 23.2 Å². The zero-order valence-corrected chi connectivity index (χ0v) is 8.61. The lowest BCUT2D eigenvalue weighted by molar-refractivity contribution is 0.585. The van der Waals surface area contributed by atoms with E-state index in [0.29, 0.717) is 0 Å². The Balaban J connectivity index is 3.19. The summed E-state index contributed by atoms with van der Waals surface area (Å²) in [5, 5.41) is 8.57. The third-order valence-electron chi connectivity index (χ3n) is 1.76. The molecule has 0 heterocycles. The van der Waals surface area contributed by atoms with Crippen molar-refractivity contribution in [1.29, 1.82) is 5.26 Å². The second-order valence-electron chi connectivity index (χ2n) is 2.73. The summed E-state index contributed by atoms with van der Waals surface area (Å²) in [6, 6.07) is 3.91. The molecule has 0 aliphatic carbocycles. The monoisotopic (exact) mass is 232 g/mol. The highest BCUT2D eigenvalue weighted by atomic mass is 35.5. The van der Waals surface area contributed by atoms with Gasteiger partial charge in [-0.15, -0.1) is 0 Å². The van der Waals surface area contributed by atoms with Gasteiger partial charge in [-0.3, -0.25) is 0 Å². The molecule has 1 rings (SSSR count). The summed E-state index contributed by atoms with van der Waals surface area (Å²) in [6.07, 6.45) is -0.00299. The molecule has 0 aliphatic heterocycles. The van der Waals surface area contributed by atoms with Crippen LogP contribution in [0.1, 0.15) is 18.0 Å². The Morgan fingerprint density at radius 2 is 2.00 bits per heavy atom. The SMILES string of the molecule is N#CC[C@@H](N)c1c(Cl)ccc(Cl)c1F. The first kappa shape index (κ1) is 11.3. The molecule has 1 aromatic carbocycles. The first-order chi connectivity index (χ1) is 6.57. The van der Waals surface area contributed by atoms with Crippen LogP contribution in [0.3, 0.4) is 0 Å². The van der Waals surface area contributed by atoms with Crippen LogP contribution in [0, 0.1) is 17.1 Å². The minimum atomic E-state index is -0.744. The van der Waals surface area contributed by atoms with Gasteiger partial charge in [0, 0.05) is 16.6 Å². The van der Waals surface area contributed by atoms with Crippen LogP contribution in [0.2, 0.25) is 10.0 Å². The van der Waals surface area contributed by atoms with Gasteiger partial charge in [-0.1, -0.05) is 23.2 Å². The predicted molar refractivity (Wildman–Crippen MR) is 53.6 cm³/mol. The van der Waals surface area contributed by atoms with Gasteiger partial charge in [0.25, 0.3) is 0 Å². The normalized spacial score (nSPS) is 12.2. The maximum absolute atomic E-state index is 13.4. The van der Waals surface area contributed by atoms with Crippen LogP contribution in [0.4, 0.5) is 4.39 Å².